The first-order valence-corrected chi connectivity index (χ1v) is 22.7. The maximum atomic E-state index is 14.1. The van der Waals surface area contributed by atoms with E-state index in [9.17, 15) is 29.5 Å². The molecule has 7 rings (SSSR count). The van der Waals surface area contributed by atoms with Crippen LogP contribution < -0.4 is 20.7 Å². The molecule has 0 saturated carbocycles. The fourth-order valence-corrected chi connectivity index (χ4v) is 9.30. The molecule has 5 N–H and O–H groups in total. The van der Waals surface area contributed by atoms with Gasteiger partial charge in [0.1, 0.15) is 23.5 Å². The number of hydrogen-bond donors (Lipinski definition) is 5. The molecule has 16 nitrogen and oxygen atoms in total. The molecular weight excluding hydrogens is 845 g/mol. The summed E-state index contributed by atoms with van der Waals surface area (Å²) in [4.78, 5) is 67.8. The first-order chi connectivity index (χ1) is 31.2. The molecule has 2 saturated heterocycles. The third-order valence-corrected chi connectivity index (χ3v) is 13.3. The Bertz CT molecular complexity index is 2520. The first kappa shape index (κ1) is 46.5. The zero-order valence-electron chi connectivity index (χ0n) is 37.4. The van der Waals surface area contributed by atoms with Crippen LogP contribution in [0.5, 0.6) is 5.75 Å². The Kier molecular flexibility index (Phi) is 14.4. The predicted molar refractivity (Wildman–Crippen MR) is 247 cm³/mol. The van der Waals surface area contributed by atoms with Crippen molar-refractivity contribution >= 4 is 40.7 Å². The van der Waals surface area contributed by atoms with Crippen LogP contribution in [-0.4, -0.2) is 110 Å². The molecule has 17 heteroatoms. The number of nitriles is 1. The number of thiazole rings is 1. The van der Waals surface area contributed by atoms with Gasteiger partial charge in [0, 0.05) is 32.1 Å². The van der Waals surface area contributed by atoms with Crippen molar-refractivity contribution in [3.63, 3.8) is 0 Å². The maximum Gasteiger partial charge on any atom is 0.274 e. The number of hydrogen-bond acceptors (Lipinski definition) is 12. The normalized spacial score (nSPS) is 17.8. The Morgan fingerprint density at radius 3 is 2.51 bits per heavy atom. The summed E-state index contributed by atoms with van der Waals surface area (Å²) < 4.78 is 5.67. The van der Waals surface area contributed by atoms with Crippen LogP contribution in [0.15, 0.2) is 78.4 Å². The molecule has 0 bridgehead atoms. The molecule has 2 fully saturated rings. The number of piperidine rings is 1. The third kappa shape index (κ3) is 10.9. The summed E-state index contributed by atoms with van der Waals surface area (Å²) in [5, 5.41) is 36.7. The molecule has 0 radical (unpaired) electrons. The van der Waals surface area contributed by atoms with E-state index in [1.54, 1.807) is 47.9 Å². The van der Waals surface area contributed by atoms with Gasteiger partial charge in [0.25, 0.3) is 5.91 Å². The highest BCUT2D eigenvalue weighted by molar-refractivity contribution is 7.13. The molecule has 5 aromatic rings. The van der Waals surface area contributed by atoms with Crippen molar-refractivity contribution in [1.82, 2.24) is 40.6 Å². The van der Waals surface area contributed by atoms with E-state index in [1.165, 1.54) is 12.0 Å². The lowest BCUT2D eigenvalue weighted by molar-refractivity contribution is -0.144. The quantitative estimate of drug-likeness (QED) is 0.0870. The number of methoxy groups -OCH3 is 1. The summed E-state index contributed by atoms with van der Waals surface area (Å²) in [5.41, 5.74) is 6.02. The van der Waals surface area contributed by atoms with Crippen molar-refractivity contribution in [3.05, 3.63) is 101 Å². The Hall–Kier alpha value is -6.48. The van der Waals surface area contributed by atoms with Crippen molar-refractivity contribution in [1.29, 1.82) is 5.26 Å². The molecule has 4 amide bonds. The van der Waals surface area contributed by atoms with Gasteiger partial charge in [0.15, 0.2) is 0 Å². The van der Waals surface area contributed by atoms with Gasteiger partial charge in [-0.15, -0.1) is 11.3 Å². The lowest BCUT2D eigenvalue weighted by Gasteiger charge is -2.38. The minimum Gasteiger partial charge on any atom is -0.495 e. The molecule has 3 aromatic heterocycles. The number of amides is 4. The minimum atomic E-state index is -0.920. The van der Waals surface area contributed by atoms with Crippen molar-refractivity contribution in [3.8, 4) is 33.6 Å². The highest BCUT2D eigenvalue weighted by atomic mass is 32.1. The molecule has 0 aliphatic carbocycles. The number of β-amino-alcohol motifs (C(OH)–C–C–N with tert-alkyl or cyclic N) is 1. The zero-order valence-corrected chi connectivity index (χ0v) is 38.2. The average molecular weight is 901 g/mol. The van der Waals surface area contributed by atoms with E-state index in [2.05, 4.69) is 47.1 Å². The maximum absolute atomic E-state index is 14.1. The molecule has 5 heterocycles. The van der Waals surface area contributed by atoms with Crippen molar-refractivity contribution in [2.75, 3.05) is 38.6 Å². The van der Waals surface area contributed by atoms with Crippen LogP contribution in [0.4, 0.5) is 5.69 Å². The van der Waals surface area contributed by atoms with E-state index in [1.807, 2.05) is 69.6 Å². The number of rotatable bonds is 15. The number of pyridine rings is 1. The van der Waals surface area contributed by atoms with E-state index < -0.39 is 40.8 Å². The molecule has 65 heavy (non-hydrogen) atoms. The molecule has 2 aromatic carbocycles. The summed E-state index contributed by atoms with van der Waals surface area (Å²) in [6.45, 7) is 9.71. The number of nitrogens with zero attached hydrogens (tertiary/aromatic N) is 6. The SMILES string of the molecule is COc1cc(C2(C#N)CCN(CCCC(=O)N[C@H](C(=O)N3C[C@H](O)C[C@H]3C(=O)NCc3ccc(-c4scnc4C)cc3)C(C)(C)C)CC2)ccc1NC(=O)c1cccc(-c2ccn[nH]2)n1. The van der Waals surface area contributed by atoms with Gasteiger partial charge in [-0.1, -0.05) is 57.2 Å². The number of carbonyl (C=O) groups is 4. The second kappa shape index (κ2) is 20.1. The van der Waals surface area contributed by atoms with Crippen LogP contribution >= 0.6 is 11.3 Å². The Morgan fingerprint density at radius 1 is 1.08 bits per heavy atom. The first-order valence-electron chi connectivity index (χ1n) is 21.8. The number of aliphatic hydroxyl groups excluding tert-OH is 1. The van der Waals surface area contributed by atoms with Gasteiger partial charge in [-0.2, -0.15) is 10.4 Å². The van der Waals surface area contributed by atoms with E-state index in [-0.39, 0.29) is 43.4 Å². The summed E-state index contributed by atoms with van der Waals surface area (Å²) >= 11 is 1.57. The standard InChI is InChI=1S/C48H56N10O6S/c1-30-42(65-29-51-30)32-13-11-31(12-14-32)26-50-45(62)39-25-34(59)27-58(39)46(63)43(47(2,3)4)55-41(60)10-7-21-57-22-18-48(28-49,19-23-57)33-15-16-37(40(24-33)64-5)54-44(61)38-9-6-8-35(53-38)36-17-20-52-56-36/h6,8-9,11-17,20,24,29,34,39,43,59H,7,10,18-19,21-23,25-27H2,1-5H3,(H,50,62)(H,52,56)(H,54,61)(H,55,60)/t34-,39+,43-/m1/s1. The van der Waals surface area contributed by atoms with Crippen LogP contribution in [0.2, 0.25) is 0 Å². The number of carbonyl (C=O) groups excluding carboxylic acids is 4. The number of anilines is 1. The summed E-state index contributed by atoms with van der Waals surface area (Å²) in [6, 6.07) is 21.0. The monoisotopic (exact) mass is 900 g/mol. The van der Waals surface area contributed by atoms with Gasteiger partial charge >= 0.3 is 0 Å². The van der Waals surface area contributed by atoms with Crippen molar-refractivity contribution in [2.45, 2.75) is 89.9 Å². The van der Waals surface area contributed by atoms with Gasteiger partial charge in [0.05, 0.1) is 57.9 Å². The molecule has 2 aliphatic rings. The number of benzene rings is 2. The molecule has 0 unspecified atom stereocenters. The van der Waals surface area contributed by atoms with E-state index in [0.29, 0.717) is 61.7 Å². The van der Waals surface area contributed by atoms with E-state index in [4.69, 9.17) is 4.74 Å². The third-order valence-electron chi connectivity index (χ3n) is 12.3. The topological polar surface area (TPSA) is 219 Å². The molecule has 340 valence electrons. The predicted octanol–water partition coefficient (Wildman–Crippen LogP) is 5.61. The fraction of sp³-hybridized carbons (Fsp3) is 0.417. The number of aromatic amines is 1. The second-order valence-corrected chi connectivity index (χ2v) is 18.7. The van der Waals surface area contributed by atoms with Crippen LogP contribution in [0, 0.1) is 23.7 Å². The van der Waals surface area contributed by atoms with Crippen molar-refractivity contribution < 1.29 is 29.0 Å². The number of likely N-dealkylation sites (tertiary alicyclic amines) is 2. The van der Waals surface area contributed by atoms with Gasteiger partial charge in [-0.25, -0.2) is 9.97 Å². The average Bonchev–Trinajstić information content (AvgIpc) is 4.10. The van der Waals surface area contributed by atoms with Gasteiger partial charge in [-0.05, 0) is 98.3 Å². The Balaban J connectivity index is 0.893. The van der Waals surface area contributed by atoms with Crippen LogP contribution in [-0.2, 0) is 26.3 Å². The highest BCUT2D eigenvalue weighted by Crippen LogP contribution is 2.39. The fourth-order valence-electron chi connectivity index (χ4n) is 8.49. The van der Waals surface area contributed by atoms with Crippen molar-refractivity contribution in [2.24, 2.45) is 5.41 Å². The number of H-pyrrole nitrogens is 1. The highest BCUT2D eigenvalue weighted by Gasteiger charge is 2.44. The van der Waals surface area contributed by atoms with Crippen LogP contribution in [0.25, 0.3) is 21.8 Å². The minimum absolute atomic E-state index is 0.00456. The summed E-state index contributed by atoms with van der Waals surface area (Å²) in [6.07, 6.45) is 2.69. The molecule has 0 spiro atoms. The number of ether oxygens (including phenoxy) is 1. The van der Waals surface area contributed by atoms with Gasteiger partial charge in [0.2, 0.25) is 17.7 Å². The number of nitrogens with one attached hydrogen (secondary N) is 4. The zero-order chi connectivity index (χ0) is 46.3. The smallest absolute Gasteiger partial charge is 0.274 e. The summed E-state index contributed by atoms with van der Waals surface area (Å²) in [5.74, 6) is -1.03. The lowest BCUT2D eigenvalue weighted by atomic mass is 9.74. The van der Waals surface area contributed by atoms with Crippen LogP contribution in [0.3, 0.4) is 0 Å². The molecular formula is C48H56N10O6S. The summed E-state index contributed by atoms with van der Waals surface area (Å²) in [7, 11) is 1.52. The number of aryl methyl sites for hydroxylation is 1. The second-order valence-electron chi connectivity index (χ2n) is 17.8. The number of aliphatic hydroxyl groups is 1. The van der Waals surface area contributed by atoms with E-state index in [0.717, 1.165) is 27.3 Å². The lowest BCUT2D eigenvalue weighted by Crippen LogP contribution is -2.57. The molecule has 3 atom stereocenters. The van der Waals surface area contributed by atoms with Gasteiger partial charge in [-0.3, -0.25) is 24.3 Å². The number of aromatic nitrogens is 4. The largest absolute Gasteiger partial charge is 0.495 e. The Labute approximate surface area is 382 Å². The Morgan fingerprint density at radius 2 is 1.85 bits per heavy atom. The van der Waals surface area contributed by atoms with E-state index >= 15 is 0 Å². The van der Waals surface area contributed by atoms with Gasteiger partial charge < -0.3 is 35.6 Å². The van der Waals surface area contributed by atoms with Crippen LogP contribution in [0.1, 0.15) is 80.2 Å². The molecule has 2 aliphatic heterocycles.